The maximum atomic E-state index is 12.8. The van der Waals surface area contributed by atoms with E-state index in [1.165, 1.54) is 4.31 Å². The van der Waals surface area contributed by atoms with Crippen molar-refractivity contribution in [3.8, 4) is 5.75 Å². The molecule has 5 nitrogen and oxygen atoms in total. The number of halogens is 1. The molecule has 0 aliphatic carbocycles. The fourth-order valence-electron chi connectivity index (χ4n) is 3.04. The van der Waals surface area contributed by atoms with Gasteiger partial charge < -0.3 is 9.64 Å². The number of rotatable bonds is 4. The van der Waals surface area contributed by atoms with Crippen molar-refractivity contribution in [2.24, 2.45) is 0 Å². The topological polar surface area (TPSA) is 49.9 Å². The first kappa shape index (κ1) is 18.0. The molecule has 1 saturated heterocycles. The molecule has 1 aliphatic rings. The van der Waals surface area contributed by atoms with Crippen LogP contribution in [0.15, 0.2) is 47.4 Å². The third-order valence-electron chi connectivity index (χ3n) is 4.44. The van der Waals surface area contributed by atoms with Gasteiger partial charge in [-0.05, 0) is 55.0 Å². The van der Waals surface area contributed by atoms with E-state index in [0.29, 0.717) is 41.8 Å². The van der Waals surface area contributed by atoms with E-state index in [-0.39, 0.29) is 0 Å². The molecule has 0 aromatic heterocycles. The van der Waals surface area contributed by atoms with E-state index < -0.39 is 10.0 Å². The van der Waals surface area contributed by atoms with E-state index in [4.69, 9.17) is 16.3 Å². The van der Waals surface area contributed by atoms with Gasteiger partial charge in [-0.15, -0.1) is 0 Å². The van der Waals surface area contributed by atoms with Gasteiger partial charge in [0.15, 0.2) is 0 Å². The Morgan fingerprint density at radius 2 is 1.64 bits per heavy atom. The molecule has 1 aliphatic heterocycles. The summed E-state index contributed by atoms with van der Waals surface area (Å²) in [5.74, 6) is 0.641. The normalized spacial score (nSPS) is 16.0. The minimum absolute atomic E-state index is 0.296. The van der Waals surface area contributed by atoms with E-state index in [9.17, 15) is 8.42 Å². The molecule has 0 N–H and O–H groups in total. The summed E-state index contributed by atoms with van der Waals surface area (Å²) in [7, 11) is -1.92. The van der Waals surface area contributed by atoms with E-state index in [2.05, 4.69) is 4.90 Å². The molecule has 7 heteroatoms. The Hall–Kier alpha value is -1.76. The van der Waals surface area contributed by atoms with Crippen LogP contribution in [0, 0.1) is 6.92 Å². The molecule has 2 aromatic carbocycles. The molecular weight excluding hydrogens is 360 g/mol. The van der Waals surface area contributed by atoms with Crippen LogP contribution in [0.5, 0.6) is 5.75 Å². The zero-order valence-electron chi connectivity index (χ0n) is 14.3. The lowest BCUT2D eigenvalue weighted by Gasteiger charge is -2.36. The van der Waals surface area contributed by atoms with Gasteiger partial charge in [-0.1, -0.05) is 11.6 Å². The average Bonchev–Trinajstić information content (AvgIpc) is 2.62. The van der Waals surface area contributed by atoms with Gasteiger partial charge in [0.25, 0.3) is 0 Å². The molecule has 0 atom stereocenters. The van der Waals surface area contributed by atoms with Crippen molar-refractivity contribution in [2.75, 3.05) is 38.2 Å². The van der Waals surface area contributed by atoms with Crippen LogP contribution in [0.4, 0.5) is 5.69 Å². The summed E-state index contributed by atoms with van der Waals surface area (Å²) in [6.07, 6.45) is 0. The van der Waals surface area contributed by atoms with Crippen LogP contribution < -0.4 is 9.64 Å². The lowest BCUT2D eigenvalue weighted by molar-refractivity contribution is 0.384. The fourth-order valence-corrected chi connectivity index (χ4v) is 4.69. The van der Waals surface area contributed by atoms with Gasteiger partial charge in [-0.3, -0.25) is 0 Å². The summed E-state index contributed by atoms with van der Waals surface area (Å²) in [5.41, 5.74) is 2.20. The van der Waals surface area contributed by atoms with Gasteiger partial charge in [-0.25, -0.2) is 8.42 Å². The molecular formula is C18H21ClN2O3S. The molecule has 25 heavy (non-hydrogen) atoms. The highest BCUT2D eigenvalue weighted by Gasteiger charge is 2.28. The van der Waals surface area contributed by atoms with Crippen LogP contribution in [0.25, 0.3) is 0 Å². The summed E-state index contributed by atoms with van der Waals surface area (Å²) < 4.78 is 32.2. The SMILES string of the molecule is COc1ccc(S(=O)(=O)N2CCN(c3ccc(Cl)cc3C)CC2)cc1. The summed E-state index contributed by atoms with van der Waals surface area (Å²) in [6.45, 7) is 4.23. The Bertz CT molecular complexity index is 845. The Morgan fingerprint density at radius 3 is 2.20 bits per heavy atom. The maximum Gasteiger partial charge on any atom is 0.243 e. The maximum absolute atomic E-state index is 12.8. The Balaban J connectivity index is 1.72. The monoisotopic (exact) mass is 380 g/mol. The number of nitrogens with zero attached hydrogens (tertiary/aromatic N) is 2. The average molecular weight is 381 g/mol. The molecule has 0 amide bonds. The molecule has 0 spiro atoms. The highest BCUT2D eigenvalue weighted by atomic mass is 35.5. The van der Waals surface area contributed by atoms with Crippen molar-refractivity contribution >= 4 is 27.3 Å². The first-order valence-electron chi connectivity index (χ1n) is 8.07. The second-order valence-corrected chi connectivity index (χ2v) is 8.37. The summed E-state index contributed by atoms with van der Waals surface area (Å²) in [6, 6.07) is 12.3. The molecule has 0 saturated carbocycles. The summed E-state index contributed by atoms with van der Waals surface area (Å²) >= 11 is 6.01. The van der Waals surface area contributed by atoms with E-state index >= 15 is 0 Å². The van der Waals surface area contributed by atoms with Crippen molar-refractivity contribution in [3.63, 3.8) is 0 Å². The quantitative estimate of drug-likeness (QED) is 0.817. The third kappa shape index (κ3) is 3.76. The third-order valence-corrected chi connectivity index (χ3v) is 6.58. The lowest BCUT2D eigenvalue weighted by atomic mass is 10.1. The zero-order valence-corrected chi connectivity index (χ0v) is 15.8. The van der Waals surface area contributed by atoms with Gasteiger partial charge >= 0.3 is 0 Å². The van der Waals surface area contributed by atoms with Gasteiger partial charge in [-0.2, -0.15) is 4.31 Å². The van der Waals surface area contributed by atoms with Crippen LogP contribution in [-0.4, -0.2) is 46.0 Å². The van der Waals surface area contributed by atoms with Gasteiger partial charge in [0.1, 0.15) is 5.75 Å². The first-order valence-corrected chi connectivity index (χ1v) is 9.89. The fraction of sp³-hybridized carbons (Fsp3) is 0.333. The van der Waals surface area contributed by atoms with Crippen LogP contribution in [0.3, 0.4) is 0 Å². The van der Waals surface area contributed by atoms with Crippen LogP contribution in [0.2, 0.25) is 5.02 Å². The minimum Gasteiger partial charge on any atom is -0.497 e. The van der Waals surface area contributed by atoms with Gasteiger partial charge in [0.2, 0.25) is 10.0 Å². The second-order valence-electron chi connectivity index (χ2n) is 6.00. The van der Waals surface area contributed by atoms with Crippen molar-refractivity contribution < 1.29 is 13.2 Å². The van der Waals surface area contributed by atoms with Crippen LogP contribution >= 0.6 is 11.6 Å². The van der Waals surface area contributed by atoms with E-state index in [1.54, 1.807) is 31.4 Å². The molecule has 1 fully saturated rings. The number of anilines is 1. The van der Waals surface area contributed by atoms with Gasteiger partial charge in [0.05, 0.1) is 12.0 Å². The van der Waals surface area contributed by atoms with E-state index in [0.717, 1.165) is 11.3 Å². The molecule has 0 bridgehead atoms. The molecule has 1 heterocycles. The number of benzene rings is 2. The smallest absolute Gasteiger partial charge is 0.243 e. The van der Waals surface area contributed by atoms with E-state index in [1.807, 2.05) is 25.1 Å². The predicted molar refractivity (Wildman–Crippen MR) is 100 cm³/mol. The highest BCUT2D eigenvalue weighted by Crippen LogP contribution is 2.26. The number of hydrogen-bond acceptors (Lipinski definition) is 4. The largest absolute Gasteiger partial charge is 0.497 e. The second kappa shape index (κ2) is 7.23. The minimum atomic E-state index is -3.48. The molecule has 134 valence electrons. The molecule has 0 radical (unpaired) electrons. The van der Waals surface area contributed by atoms with Crippen molar-refractivity contribution in [1.82, 2.24) is 4.31 Å². The number of hydrogen-bond donors (Lipinski definition) is 0. The standard InChI is InChI=1S/C18H21ClN2O3S/c1-14-13-15(19)3-8-18(14)20-9-11-21(12-10-20)25(22,23)17-6-4-16(24-2)5-7-17/h3-8,13H,9-12H2,1-2H3. The number of piperazine rings is 1. The summed E-state index contributed by atoms with van der Waals surface area (Å²) in [4.78, 5) is 2.50. The van der Waals surface area contributed by atoms with Crippen LogP contribution in [-0.2, 0) is 10.0 Å². The Labute approximate surface area is 153 Å². The summed E-state index contributed by atoms with van der Waals surface area (Å²) in [5, 5.41) is 0.710. The molecule has 3 rings (SSSR count). The lowest BCUT2D eigenvalue weighted by Crippen LogP contribution is -2.48. The van der Waals surface area contributed by atoms with Crippen LogP contribution in [0.1, 0.15) is 5.56 Å². The van der Waals surface area contributed by atoms with Crippen molar-refractivity contribution in [1.29, 1.82) is 0 Å². The Morgan fingerprint density at radius 1 is 1.00 bits per heavy atom. The number of ether oxygens (including phenoxy) is 1. The zero-order chi connectivity index (χ0) is 18.0. The highest BCUT2D eigenvalue weighted by molar-refractivity contribution is 7.89. The Kier molecular flexibility index (Phi) is 5.22. The number of aryl methyl sites for hydroxylation is 1. The first-order chi connectivity index (χ1) is 11.9. The predicted octanol–water partition coefficient (Wildman–Crippen LogP) is 3.17. The molecule has 0 unspecified atom stereocenters. The van der Waals surface area contributed by atoms with Gasteiger partial charge in [0, 0.05) is 36.9 Å². The van der Waals surface area contributed by atoms with Crippen molar-refractivity contribution in [3.05, 3.63) is 53.1 Å². The number of methoxy groups -OCH3 is 1. The van der Waals surface area contributed by atoms with Crippen molar-refractivity contribution in [2.45, 2.75) is 11.8 Å². The molecule has 2 aromatic rings. The number of sulfonamides is 1.